The average molecular weight is 421 g/mol. The Kier molecular flexibility index (Phi) is 6.11. The Bertz CT molecular complexity index is 715. The van der Waals surface area contributed by atoms with E-state index in [4.69, 9.17) is 9.47 Å². The molecular formula is C15H21BrN2O5S. The minimum absolute atomic E-state index is 0.0129. The number of hydrogen-bond donors (Lipinski definition) is 1. The summed E-state index contributed by atoms with van der Waals surface area (Å²) in [5, 5.41) is 0. The third-order valence-corrected chi connectivity index (χ3v) is 6.47. The van der Waals surface area contributed by atoms with Crippen LogP contribution in [0.2, 0.25) is 0 Å². The first-order valence-corrected chi connectivity index (χ1v) is 9.75. The molecule has 1 amide bonds. The second-order valence-electron chi connectivity index (χ2n) is 5.54. The molecule has 1 saturated heterocycles. The number of rotatable bonds is 5. The fourth-order valence-electron chi connectivity index (χ4n) is 2.64. The van der Waals surface area contributed by atoms with Crippen molar-refractivity contribution >= 4 is 31.9 Å². The molecule has 1 aliphatic heterocycles. The van der Waals surface area contributed by atoms with Gasteiger partial charge in [0.1, 0.15) is 4.90 Å². The van der Waals surface area contributed by atoms with E-state index in [1.807, 2.05) is 0 Å². The predicted molar refractivity (Wildman–Crippen MR) is 92.8 cm³/mol. The minimum atomic E-state index is -3.72. The highest BCUT2D eigenvalue weighted by molar-refractivity contribution is 9.10. The number of amides is 1. The SMILES string of the molecule is COc1cc(Br)c(S(=O)(=O)NC2CCN(C(C)=O)CC2)cc1OC. The molecule has 24 heavy (non-hydrogen) atoms. The van der Waals surface area contributed by atoms with Gasteiger partial charge in [-0.25, -0.2) is 13.1 Å². The van der Waals surface area contributed by atoms with E-state index >= 15 is 0 Å². The summed E-state index contributed by atoms with van der Waals surface area (Å²) in [6.45, 7) is 2.62. The summed E-state index contributed by atoms with van der Waals surface area (Å²) in [7, 11) is -0.785. The monoisotopic (exact) mass is 420 g/mol. The fourth-order valence-corrected chi connectivity index (χ4v) is 4.98. The van der Waals surface area contributed by atoms with E-state index in [1.54, 1.807) is 11.0 Å². The molecule has 9 heteroatoms. The van der Waals surface area contributed by atoms with Crippen LogP contribution in [0.1, 0.15) is 19.8 Å². The maximum atomic E-state index is 12.7. The second-order valence-corrected chi connectivity index (χ2v) is 8.08. The number of benzene rings is 1. The van der Waals surface area contributed by atoms with Crippen LogP contribution in [0.15, 0.2) is 21.5 Å². The normalized spacial score (nSPS) is 16.1. The molecule has 7 nitrogen and oxygen atoms in total. The lowest BCUT2D eigenvalue weighted by atomic mass is 10.1. The Labute approximate surface area is 150 Å². The zero-order valence-corrected chi connectivity index (χ0v) is 16.2. The molecule has 1 aromatic carbocycles. The van der Waals surface area contributed by atoms with Crippen molar-refractivity contribution in [3.8, 4) is 11.5 Å². The Hall–Kier alpha value is -1.32. The van der Waals surface area contributed by atoms with Crippen LogP contribution in [0.25, 0.3) is 0 Å². The molecule has 0 aromatic heterocycles. The van der Waals surface area contributed by atoms with E-state index in [9.17, 15) is 13.2 Å². The maximum Gasteiger partial charge on any atom is 0.242 e. The molecule has 0 spiro atoms. The van der Waals surface area contributed by atoms with Gasteiger partial charge < -0.3 is 14.4 Å². The van der Waals surface area contributed by atoms with Crippen molar-refractivity contribution in [2.24, 2.45) is 0 Å². The van der Waals surface area contributed by atoms with Gasteiger partial charge in [0.2, 0.25) is 15.9 Å². The van der Waals surface area contributed by atoms with Gasteiger partial charge >= 0.3 is 0 Å². The van der Waals surface area contributed by atoms with E-state index < -0.39 is 10.0 Å². The Morgan fingerprint density at radius 3 is 2.25 bits per heavy atom. The third kappa shape index (κ3) is 4.20. The van der Waals surface area contributed by atoms with Crippen molar-refractivity contribution in [3.63, 3.8) is 0 Å². The minimum Gasteiger partial charge on any atom is -0.493 e. The number of hydrogen-bond acceptors (Lipinski definition) is 5. The van der Waals surface area contributed by atoms with E-state index in [1.165, 1.54) is 27.2 Å². The van der Waals surface area contributed by atoms with Crippen LogP contribution in [0.4, 0.5) is 0 Å². The molecule has 0 bridgehead atoms. The molecule has 0 saturated carbocycles. The second kappa shape index (κ2) is 7.71. The number of ether oxygens (including phenoxy) is 2. The topological polar surface area (TPSA) is 84.9 Å². The molecule has 0 radical (unpaired) electrons. The quantitative estimate of drug-likeness (QED) is 0.783. The van der Waals surface area contributed by atoms with Gasteiger partial charge in [0, 0.05) is 36.6 Å². The van der Waals surface area contributed by atoms with Crippen molar-refractivity contribution < 1.29 is 22.7 Å². The van der Waals surface area contributed by atoms with Crippen LogP contribution < -0.4 is 14.2 Å². The van der Waals surface area contributed by atoms with Crippen LogP contribution in [0, 0.1) is 0 Å². The zero-order chi connectivity index (χ0) is 17.9. The molecule has 1 aliphatic rings. The van der Waals surface area contributed by atoms with Crippen molar-refractivity contribution in [2.75, 3.05) is 27.3 Å². The van der Waals surface area contributed by atoms with Gasteiger partial charge in [0.25, 0.3) is 0 Å². The number of methoxy groups -OCH3 is 2. The number of piperidine rings is 1. The van der Waals surface area contributed by atoms with Crippen LogP contribution in [0.5, 0.6) is 11.5 Å². The van der Waals surface area contributed by atoms with Gasteiger partial charge in [-0.3, -0.25) is 4.79 Å². The summed E-state index contributed by atoms with van der Waals surface area (Å²) in [5.74, 6) is 0.796. The number of carbonyl (C=O) groups excluding carboxylic acids is 1. The summed E-state index contributed by atoms with van der Waals surface area (Å²) < 4.78 is 38.8. The lowest BCUT2D eigenvalue weighted by Crippen LogP contribution is -2.45. The first-order chi connectivity index (χ1) is 11.3. The third-order valence-electron chi connectivity index (χ3n) is 3.99. The smallest absolute Gasteiger partial charge is 0.242 e. The first-order valence-electron chi connectivity index (χ1n) is 7.48. The molecule has 2 rings (SSSR count). The van der Waals surface area contributed by atoms with Crippen LogP contribution in [0.3, 0.4) is 0 Å². The molecule has 0 atom stereocenters. The molecule has 0 aliphatic carbocycles. The summed E-state index contributed by atoms with van der Waals surface area (Å²) in [6, 6.07) is 2.78. The van der Waals surface area contributed by atoms with E-state index in [2.05, 4.69) is 20.7 Å². The van der Waals surface area contributed by atoms with Gasteiger partial charge in [-0.2, -0.15) is 0 Å². The number of nitrogens with zero attached hydrogens (tertiary/aromatic N) is 1. The highest BCUT2D eigenvalue weighted by Gasteiger charge is 2.27. The van der Waals surface area contributed by atoms with E-state index in [0.29, 0.717) is 41.9 Å². The van der Waals surface area contributed by atoms with Crippen molar-refractivity contribution in [1.29, 1.82) is 0 Å². The van der Waals surface area contributed by atoms with Crippen molar-refractivity contribution in [1.82, 2.24) is 9.62 Å². The molecule has 1 aromatic rings. The summed E-state index contributed by atoms with van der Waals surface area (Å²) in [5.41, 5.74) is 0. The van der Waals surface area contributed by atoms with E-state index in [0.717, 1.165) is 0 Å². The van der Waals surface area contributed by atoms with Gasteiger partial charge in [0.05, 0.1) is 14.2 Å². The number of likely N-dealkylation sites (tertiary alicyclic amines) is 1. The van der Waals surface area contributed by atoms with Gasteiger partial charge in [-0.15, -0.1) is 0 Å². The summed E-state index contributed by atoms with van der Waals surface area (Å²) in [6.07, 6.45) is 1.17. The summed E-state index contributed by atoms with van der Waals surface area (Å²) >= 11 is 3.27. The highest BCUT2D eigenvalue weighted by Crippen LogP contribution is 2.35. The maximum absolute atomic E-state index is 12.7. The van der Waals surface area contributed by atoms with Crippen molar-refractivity contribution in [2.45, 2.75) is 30.7 Å². The van der Waals surface area contributed by atoms with Crippen LogP contribution in [-0.4, -0.2) is 52.6 Å². The number of halogens is 1. The summed E-state index contributed by atoms with van der Waals surface area (Å²) in [4.78, 5) is 13.2. The number of carbonyl (C=O) groups is 1. The molecule has 1 fully saturated rings. The van der Waals surface area contributed by atoms with Gasteiger partial charge in [-0.05, 0) is 34.8 Å². The number of nitrogens with one attached hydrogen (secondary N) is 1. The first kappa shape index (κ1) is 19.0. The van der Waals surface area contributed by atoms with Crippen LogP contribution >= 0.6 is 15.9 Å². The van der Waals surface area contributed by atoms with Crippen LogP contribution in [-0.2, 0) is 14.8 Å². The van der Waals surface area contributed by atoms with Gasteiger partial charge in [0.15, 0.2) is 11.5 Å². The molecular weight excluding hydrogens is 400 g/mol. The fraction of sp³-hybridized carbons (Fsp3) is 0.533. The molecule has 0 unspecified atom stereocenters. The standard InChI is InChI=1S/C15H21BrN2O5S/c1-10(19)18-6-4-11(5-7-18)17-24(20,21)15-9-14(23-3)13(22-2)8-12(15)16/h8-9,11,17H,4-7H2,1-3H3. The Morgan fingerprint density at radius 2 is 1.75 bits per heavy atom. The lowest BCUT2D eigenvalue weighted by Gasteiger charge is -2.31. The Balaban J connectivity index is 2.18. The lowest BCUT2D eigenvalue weighted by molar-refractivity contribution is -0.129. The largest absolute Gasteiger partial charge is 0.493 e. The highest BCUT2D eigenvalue weighted by atomic mass is 79.9. The van der Waals surface area contributed by atoms with Gasteiger partial charge in [-0.1, -0.05) is 0 Å². The van der Waals surface area contributed by atoms with Crippen molar-refractivity contribution in [3.05, 3.63) is 16.6 Å². The average Bonchev–Trinajstić information content (AvgIpc) is 2.54. The number of sulfonamides is 1. The molecule has 134 valence electrons. The Morgan fingerprint density at radius 1 is 1.21 bits per heavy atom. The molecule has 1 N–H and O–H groups in total. The zero-order valence-electron chi connectivity index (χ0n) is 13.8. The van der Waals surface area contributed by atoms with E-state index in [-0.39, 0.29) is 16.8 Å². The molecule has 1 heterocycles. The predicted octanol–water partition coefficient (Wildman–Crippen LogP) is 1.76.